The van der Waals surface area contributed by atoms with E-state index in [1.807, 2.05) is 11.8 Å². The molecule has 0 aromatic rings. The molecule has 1 rings (SSSR count). The van der Waals surface area contributed by atoms with Crippen molar-refractivity contribution in [1.82, 2.24) is 4.90 Å². The van der Waals surface area contributed by atoms with E-state index in [4.69, 9.17) is 18.0 Å². The number of hydrogen-bond donors (Lipinski definition) is 1. The first kappa shape index (κ1) is 11.3. The molecule has 2 atom stereocenters. The van der Waals surface area contributed by atoms with E-state index in [1.165, 1.54) is 18.1 Å². The highest BCUT2D eigenvalue weighted by Crippen LogP contribution is 2.17. The van der Waals surface area contributed by atoms with Crippen LogP contribution in [0.2, 0.25) is 0 Å². The van der Waals surface area contributed by atoms with E-state index in [0.29, 0.717) is 16.9 Å². The third-order valence-corrected chi connectivity index (χ3v) is 4.09. The first-order valence-electron chi connectivity index (χ1n) is 4.72. The van der Waals surface area contributed by atoms with Crippen LogP contribution in [0.4, 0.5) is 0 Å². The van der Waals surface area contributed by atoms with Gasteiger partial charge in [-0.15, -0.1) is 0 Å². The Kier molecular flexibility index (Phi) is 4.49. The molecule has 1 heterocycles. The maximum absolute atomic E-state index is 5.60. The summed E-state index contributed by atoms with van der Waals surface area (Å²) in [6.45, 7) is 6.59. The summed E-state index contributed by atoms with van der Waals surface area (Å²) in [6.07, 6.45) is 0. The number of rotatable bonds is 3. The second-order valence-electron chi connectivity index (χ2n) is 3.72. The fourth-order valence-electron chi connectivity index (χ4n) is 1.47. The summed E-state index contributed by atoms with van der Waals surface area (Å²) in [5.41, 5.74) is 5.60. The normalized spacial score (nSPS) is 27.1. The van der Waals surface area contributed by atoms with Gasteiger partial charge >= 0.3 is 0 Å². The van der Waals surface area contributed by atoms with Gasteiger partial charge in [0, 0.05) is 36.6 Å². The van der Waals surface area contributed by atoms with Crippen molar-refractivity contribution in [2.45, 2.75) is 19.9 Å². The molecule has 4 heteroatoms. The van der Waals surface area contributed by atoms with Gasteiger partial charge in [0.05, 0.1) is 4.99 Å². The summed E-state index contributed by atoms with van der Waals surface area (Å²) >= 11 is 7.01. The Bertz CT molecular complexity index is 184. The minimum absolute atomic E-state index is 0.348. The second-order valence-corrected chi connectivity index (χ2v) is 5.34. The van der Waals surface area contributed by atoms with Crippen LogP contribution >= 0.6 is 24.0 Å². The van der Waals surface area contributed by atoms with E-state index in [0.717, 1.165) is 6.54 Å². The average molecular weight is 218 g/mol. The van der Waals surface area contributed by atoms with Crippen LogP contribution in [0.3, 0.4) is 0 Å². The Hall–Kier alpha value is 0.200. The van der Waals surface area contributed by atoms with Crippen molar-refractivity contribution < 1.29 is 0 Å². The molecule has 0 bridgehead atoms. The molecule has 0 spiro atoms. The highest BCUT2D eigenvalue weighted by Gasteiger charge is 2.20. The van der Waals surface area contributed by atoms with E-state index in [-0.39, 0.29) is 0 Å². The standard InChI is InChI=1S/C9H18N2S2/c1-7(9(10)12)5-11-3-4-13-6-8(11)2/h7-8H,3-6H2,1-2H3,(H2,10,12). The van der Waals surface area contributed by atoms with Crippen molar-refractivity contribution in [2.24, 2.45) is 11.7 Å². The molecule has 1 aliphatic heterocycles. The molecule has 0 aromatic carbocycles. The largest absolute Gasteiger partial charge is 0.393 e. The maximum atomic E-state index is 5.60. The van der Waals surface area contributed by atoms with Gasteiger partial charge in [-0.3, -0.25) is 4.90 Å². The van der Waals surface area contributed by atoms with Gasteiger partial charge in [0.2, 0.25) is 0 Å². The average Bonchev–Trinajstić information content (AvgIpc) is 2.08. The SMILES string of the molecule is CC(CN1CCSCC1C)C(N)=S. The molecule has 1 aliphatic rings. The third kappa shape index (κ3) is 3.44. The van der Waals surface area contributed by atoms with Crippen molar-refractivity contribution in [1.29, 1.82) is 0 Å². The lowest BCUT2D eigenvalue weighted by atomic mass is 10.1. The van der Waals surface area contributed by atoms with Crippen molar-refractivity contribution >= 4 is 29.0 Å². The zero-order valence-corrected chi connectivity index (χ0v) is 9.96. The Morgan fingerprint density at radius 3 is 3.00 bits per heavy atom. The van der Waals surface area contributed by atoms with E-state index in [1.54, 1.807) is 0 Å². The number of nitrogens with zero attached hydrogens (tertiary/aromatic N) is 1. The van der Waals surface area contributed by atoms with Crippen molar-refractivity contribution in [3.63, 3.8) is 0 Å². The Morgan fingerprint density at radius 1 is 1.77 bits per heavy atom. The molecule has 1 saturated heterocycles. The van der Waals surface area contributed by atoms with Crippen molar-refractivity contribution in [3.8, 4) is 0 Å². The van der Waals surface area contributed by atoms with Crippen LogP contribution < -0.4 is 5.73 Å². The maximum Gasteiger partial charge on any atom is 0.0768 e. The van der Waals surface area contributed by atoms with E-state index >= 15 is 0 Å². The first-order chi connectivity index (χ1) is 6.11. The summed E-state index contributed by atoms with van der Waals surface area (Å²) in [6, 6.07) is 0.676. The third-order valence-electron chi connectivity index (χ3n) is 2.50. The topological polar surface area (TPSA) is 29.3 Å². The monoisotopic (exact) mass is 218 g/mol. The summed E-state index contributed by atoms with van der Waals surface area (Å²) in [4.78, 5) is 3.13. The van der Waals surface area contributed by atoms with Gasteiger partial charge in [-0.05, 0) is 6.92 Å². The van der Waals surface area contributed by atoms with E-state index in [9.17, 15) is 0 Å². The summed E-state index contributed by atoms with van der Waals surface area (Å²) in [7, 11) is 0. The Labute approximate surface area is 90.2 Å². The molecule has 2 unspecified atom stereocenters. The quantitative estimate of drug-likeness (QED) is 0.724. The molecule has 0 radical (unpaired) electrons. The fraction of sp³-hybridized carbons (Fsp3) is 0.889. The molecule has 2 nitrogen and oxygen atoms in total. The van der Waals surface area contributed by atoms with Crippen LogP contribution in [0.15, 0.2) is 0 Å². The van der Waals surface area contributed by atoms with E-state index < -0.39 is 0 Å². The Balaban J connectivity index is 2.37. The van der Waals surface area contributed by atoms with Crippen LogP contribution in [-0.2, 0) is 0 Å². The summed E-state index contributed by atoms with van der Waals surface area (Å²) < 4.78 is 0. The highest BCUT2D eigenvalue weighted by atomic mass is 32.2. The molecule has 0 aliphatic carbocycles. The van der Waals surface area contributed by atoms with Gasteiger partial charge in [-0.2, -0.15) is 11.8 Å². The Morgan fingerprint density at radius 2 is 2.46 bits per heavy atom. The zero-order chi connectivity index (χ0) is 9.84. The molecule has 0 amide bonds. The van der Waals surface area contributed by atoms with Gasteiger partial charge in [-0.25, -0.2) is 0 Å². The minimum Gasteiger partial charge on any atom is -0.393 e. The minimum atomic E-state index is 0.348. The number of thiocarbonyl (C=S) groups is 1. The molecule has 0 saturated carbocycles. The molecular weight excluding hydrogens is 200 g/mol. The van der Waals surface area contributed by atoms with Crippen LogP contribution in [0, 0.1) is 5.92 Å². The molecular formula is C9H18N2S2. The number of hydrogen-bond acceptors (Lipinski definition) is 3. The molecule has 13 heavy (non-hydrogen) atoms. The van der Waals surface area contributed by atoms with Crippen LogP contribution in [-0.4, -0.2) is 40.5 Å². The number of thioether (sulfide) groups is 1. The smallest absolute Gasteiger partial charge is 0.0768 e. The molecule has 0 aromatic heterocycles. The fourth-order valence-corrected chi connectivity index (χ4v) is 2.63. The van der Waals surface area contributed by atoms with E-state index in [2.05, 4.69) is 18.7 Å². The second kappa shape index (κ2) is 5.17. The highest BCUT2D eigenvalue weighted by molar-refractivity contribution is 7.99. The lowest BCUT2D eigenvalue weighted by Crippen LogP contribution is -2.44. The zero-order valence-electron chi connectivity index (χ0n) is 8.32. The van der Waals surface area contributed by atoms with Crippen LogP contribution in [0.1, 0.15) is 13.8 Å². The van der Waals surface area contributed by atoms with Crippen LogP contribution in [0.5, 0.6) is 0 Å². The van der Waals surface area contributed by atoms with Gasteiger partial charge in [0.1, 0.15) is 0 Å². The van der Waals surface area contributed by atoms with Gasteiger partial charge in [-0.1, -0.05) is 19.1 Å². The molecule has 1 fully saturated rings. The van der Waals surface area contributed by atoms with Gasteiger partial charge in [0.25, 0.3) is 0 Å². The molecule has 2 N–H and O–H groups in total. The predicted octanol–water partition coefficient (Wildman–Crippen LogP) is 1.35. The van der Waals surface area contributed by atoms with Crippen molar-refractivity contribution in [2.75, 3.05) is 24.6 Å². The lowest BCUT2D eigenvalue weighted by molar-refractivity contribution is 0.220. The first-order valence-corrected chi connectivity index (χ1v) is 6.28. The summed E-state index contributed by atoms with van der Waals surface area (Å²) in [5.74, 6) is 2.83. The molecule has 76 valence electrons. The van der Waals surface area contributed by atoms with Crippen molar-refractivity contribution in [3.05, 3.63) is 0 Å². The van der Waals surface area contributed by atoms with Crippen LogP contribution in [0.25, 0.3) is 0 Å². The lowest BCUT2D eigenvalue weighted by Gasteiger charge is -2.34. The summed E-state index contributed by atoms with van der Waals surface area (Å²) in [5, 5.41) is 0. The number of nitrogens with two attached hydrogens (primary N) is 1. The van der Waals surface area contributed by atoms with Gasteiger partial charge in [0.15, 0.2) is 0 Å². The van der Waals surface area contributed by atoms with Gasteiger partial charge < -0.3 is 5.73 Å². The predicted molar refractivity (Wildman–Crippen MR) is 64.3 cm³/mol.